The van der Waals surface area contributed by atoms with E-state index >= 15 is 0 Å². The minimum absolute atomic E-state index is 0.0667. The van der Waals surface area contributed by atoms with Crippen molar-refractivity contribution >= 4 is 43.6 Å². The van der Waals surface area contributed by atoms with Gasteiger partial charge >= 0.3 is 5.97 Å². The molecule has 1 aromatic carbocycles. The summed E-state index contributed by atoms with van der Waals surface area (Å²) in [4.78, 5) is 22.8. The number of halogens is 2. The lowest BCUT2D eigenvalue weighted by Crippen LogP contribution is -2.07. The monoisotopic (exact) mass is 348 g/mol. The highest BCUT2D eigenvalue weighted by Crippen LogP contribution is 2.27. The van der Waals surface area contributed by atoms with Crippen LogP contribution in [0.1, 0.15) is 34.6 Å². The Kier molecular flexibility index (Phi) is 4.68. The zero-order valence-corrected chi connectivity index (χ0v) is 12.0. The predicted octanol–water partition coefficient (Wildman–Crippen LogP) is 3.59. The summed E-state index contributed by atoms with van der Waals surface area (Å²) in [6.45, 7) is 3.53. The van der Waals surface area contributed by atoms with Gasteiger partial charge in [-0.25, -0.2) is 4.79 Å². The van der Waals surface area contributed by atoms with Gasteiger partial charge < -0.3 is 4.74 Å². The maximum absolute atomic E-state index is 11.5. The Morgan fingerprint density at radius 1 is 1.19 bits per heavy atom. The van der Waals surface area contributed by atoms with E-state index in [4.69, 9.17) is 4.74 Å². The first-order valence-electron chi connectivity index (χ1n) is 4.64. The van der Waals surface area contributed by atoms with Crippen molar-refractivity contribution in [2.24, 2.45) is 0 Å². The molecule has 0 spiro atoms. The fraction of sp³-hybridized carbons (Fsp3) is 0.273. The van der Waals surface area contributed by atoms with Crippen LogP contribution >= 0.6 is 31.9 Å². The predicted molar refractivity (Wildman–Crippen MR) is 67.8 cm³/mol. The molecule has 1 rings (SSSR count). The zero-order valence-electron chi connectivity index (χ0n) is 8.84. The Morgan fingerprint density at radius 2 is 1.69 bits per heavy atom. The van der Waals surface area contributed by atoms with Gasteiger partial charge in [-0.3, -0.25) is 4.79 Å². The summed E-state index contributed by atoms with van der Waals surface area (Å²) in [5.74, 6) is -0.479. The lowest BCUT2D eigenvalue weighted by molar-refractivity contribution is 0.0525. The zero-order chi connectivity index (χ0) is 12.3. The average Bonchev–Trinajstić information content (AvgIpc) is 2.20. The average molecular weight is 350 g/mol. The second-order valence-corrected chi connectivity index (χ2v) is 4.80. The van der Waals surface area contributed by atoms with Crippen molar-refractivity contribution in [2.75, 3.05) is 6.61 Å². The molecular weight excluding hydrogens is 340 g/mol. The molecule has 0 amide bonds. The van der Waals surface area contributed by atoms with Gasteiger partial charge in [-0.2, -0.15) is 0 Å². The number of carbonyl (C=O) groups excluding carboxylic acids is 2. The van der Waals surface area contributed by atoms with Gasteiger partial charge in [-0.1, -0.05) is 15.9 Å². The highest BCUT2D eigenvalue weighted by Gasteiger charge is 2.15. The molecule has 0 aliphatic rings. The van der Waals surface area contributed by atoms with Gasteiger partial charge in [-0.15, -0.1) is 0 Å². The van der Waals surface area contributed by atoms with E-state index in [1.807, 2.05) is 0 Å². The van der Waals surface area contributed by atoms with Crippen molar-refractivity contribution in [2.45, 2.75) is 13.8 Å². The Morgan fingerprint density at radius 3 is 2.19 bits per heavy atom. The molecule has 0 aromatic heterocycles. The first kappa shape index (κ1) is 13.4. The summed E-state index contributed by atoms with van der Waals surface area (Å²) in [6.07, 6.45) is 0. The van der Waals surface area contributed by atoms with Crippen molar-refractivity contribution in [3.05, 3.63) is 32.2 Å². The largest absolute Gasteiger partial charge is 0.462 e. The second kappa shape index (κ2) is 5.59. The number of carbonyl (C=O) groups is 2. The Balaban J connectivity index is 3.20. The molecule has 16 heavy (non-hydrogen) atoms. The van der Waals surface area contributed by atoms with E-state index in [-0.39, 0.29) is 5.78 Å². The third-order valence-corrected chi connectivity index (χ3v) is 3.24. The van der Waals surface area contributed by atoms with E-state index in [1.165, 1.54) is 6.92 Å². The maximum Gasteiger partial charge on any atom is 0.339 e. The molecule has 0 saturated heterocycles. The molecule has 86 valence electrons. The van der Waals surface area contributed by atoms with E-state index in [1.54, 1.807) is 19.1 Å². The first-order chi connectivity index (χ1) is 7.47. The highest BCUT2D eigenvalue weighted by molar-refractivity contribution is 9.11. The van der Waals surface area contributed by atoms with E-state index in [2.05, 4.69) is 31.9 Å². The molecule has 0 saturated carbocycles. The molecule has 1 aromatic rings. The van der Waals surface area contributed by atoms with E-state index in [0.717, 1.165) is 0 Å². The van der Waals surface area contributed by atoms with Crippen molar-refractivity contribution in [1.29, 1.82) is 0 Å². The van der Waals surface area contributed by atoms with Crippen molar-refractivity contribution in [3.63, 3.8) is 0 Å². The number of Topliss-reactive ketones (excluding diaryl/α,β-unsaturated/α-hetero) is 1. The van der Waals surface area contributed by atoms with Gasteiger partial charge in [-0.05, 0) is 41.9 Å². The maximum atomic E-state index is 11.5. The van der Waals surface area contributed by atoms with Crippen LogP contribution in [0.2, 0.25) is 0 Å². The molecule has 0 bridgehead atoms. The van der Waals surface area contributed by atoms with Crippen LogP contribution in [0, 0.1) is 0 Å². The van der Waals surface area contributed by atoms with Crippen LogP contribution < -0.4 is 0 Å². The van der Waals surface area contributed by atoms with Crippen LogP contribution in [-0.2, 0) is 4.74 Å². The number of benzene rings is 1. The smallest absolute Gasteiger partial charge is 0.339 e. The van der Waals surface area contributed by atoms with Gasteiger partial charge in [0.05, 0.1) is 12.2 Å². The summed E-state index contributed by atoms with van der Waals surface area (Å²) in [6, 6.07) is 3.19. The van der Waals surface area contributed by atoms with Crippen LogP contribution in [0.15, 0.2) is 21.1 Å². The minimum Gasteiger partial charge on any atom is -0.462 e. The minimum atomic E-state index is -0.412. The topological polar surface area (TPSA) is 43.4 Å². The van der Waals surface area contributed by atoms with Crippen LogP contribution in [0.4, 0.5) is 0 Å². The molecule has 0 aliphatic heterocycles. The van der Waals surface area contributed by atoms with E-state index < -0.39 is 5.97 Å². The van der Waals surface area contributed by atoms with Crippen LogP contribution in [0.25, 0.3) is 0 Å². The lowest BCUT2D eigenvalue weighted by atomic mass is 10.1. The van der Waals surface area contributed by atoms with Gasteiger partial charge in [0.15, 0.2) is 5.78 Å². The number of esters is 1. The number of hydrogen-bond acceptors (Lipinski definition) is 3. The van der Waals surface area contributed by atoms with Crippen molar-refractivity contribution in [1.82, 2.24) is 0 Å². The van der Waals surface area contributed by atoms with Gasteiger partial charge in [0.2, 0.25) is 0 Å². The third-order valence-electron chi connectivity index (χ3n) is 1.93. The van der Waals surface area contributed by atoms with Gasteiger partial charge in [0.1, 0.15) is 0 Å². The number of hydrogen-bond donors (Lipinski definition) is 0. The summed E-state index contributed by atoms with van der Waals surface area (Å²) in [5.41, 5.74) is 0.929. The quantitative estimate of drug-likeness (QED) is 0.618. The SMILES string of the molecule is CCOC(=O)c1cc(Br)c(C(C)=O)cc1Br. The molecule has 0 fully saturated rings. The van der Waals surface area contributed by atoms with Crippen molar-refractivity contribution < 1.29 is 14.3 Å². The number of ether oxygens (including phenoxy) is 1. The molecule has 3 nitrogen and oxygen atoms in total. The fourth-order valence-electron chi connectivity index (χ4n) is 1.18. The fourth-order valence-corrected chi connectivity index (χ4v) is 2.31. The molecule has 5 heteroatoms. The molecule has 0 heterocycles. The second-order valence-electron chi connectivity index (χ2n) is 3.09. The first-order valence-corrected chi connectivity index (χ1v) is 6.23. The number of rotatable bonds is 3. The lowest BCUT2D eigenvalue weighted by Gasteiger charge is -2.07. The summed E-state index contributed by atoms with van der Waals surface area (Å²) in [7, 11) is 0. The Labute approximate surface area is 110 Å². The Bertz CT molecular complexity index is 441. The molecule has 0 radical (unpaired) electrons. The van der Waals surface area contributed by atoms with E-state index in [0.29, 0.717) is 26.7 Å². The Hall–Kier alpha value is -0.680. The third kappa shape index (κ3) is 2.92. The summed E-state index contributed by atoms with van der Waals surface area (Å²) >= 11 is 6.50. The normalized spacial score (nSPS) is 10.0. The van der Waals surface area contributed by atoms with E-state index in [9.17, 15) is 9.59 Å². The molecule has 0 atom stereocenters. The molecule has 0 N–H and O–H groups in total. The standard InChI is InChI=1S/C11H10Br2O3/c1-3-16-11(15)8-5-9(12)7(6(2)14)4-10(8)13/h4-5H,3H2,1-2H3. The van der Waals surface area contributed by atoms with Crippen LogP contribution in [-0.4, -0.2) is 18.4 Å². The van der Waals surface area contributed by atoms with Gasteiger partial charge in [0.25, 0.3) is 0 Å². The highest BCUT2D eigenvalue weighted by atomic mass is 79.9. The van der Waals surface area contributed by atoms with Crippen molar-refractivity contribution in [3.8, 4) is 0 Å². The van der Waals surface area contributed by atoms with Gasteiger partial charge in [0, 0.05) is 14.5 Å². The summed E-state index contributed by atoms with van der Waals surface area (Å²) < 4.78 is 6.03. The summed E-state index contributed by atoms with van der Waals surface area (Å²) in [5, 5.41) is 0. The molecule has 0 aliphatic carbocycles. The van der Waals surface area contributed by atoms with Crippen LogP contribution in [0.5, 0.6) is 0 Å². The van der Waals surface area contributed by atoms with Crippen LogP contribution in [0.3, 0.4) is 0 Å². The number of ketones is 1. The molecule has 0 unspecified atom stereocenters. The molecular formula is C11H10Br2O3.